The third kappa shape index (κ3) is 1.73. The first-order chi connectivity index (χ1) is 9.63. The molecule has 0 aliphatic heterocycles. The molecular formula is C16H22N2O2. The molecule has 4 saturated carbocycles. The zero-order chi connectivity index (χ0) is 13.9. The highest BCUT2D eigenvalue weighted by Gasteiger charge is 2.49. The van der Waals surface area contributed by atoms with Crippen LogP contribution in [0, 0.1) is 23.7 Å². The fourth-order valence-corrected chi connectivity index (χ4v) is 5.38. The zero-order valence-corrected chi connectivity index (χ0v) is 11.9. The molecule has 20 heavy (non-hydrogen) atoms. The molecule has 0 saturated heterocycles. The molecule has 1 aromatic rings. The normalized spacial score (nSPS) is 40.0. The number of hydrogen-bond donors (Lipinski definition) is 1. The van der Waals surface area contributed by atoms with Crippen molar-refractivity contribution in [3.05, 3.63) is 18.2 Å². The molecule has 5 rings (SSSR count). The van der Waals surface area contributed by atoms with Crippen molar-refractivity contribution in [2.45, 2.75) is 51.0 Å². The Morgan fingerprint density at radius 2 is 1.85 bits per heavy atom. The smallest absolute Gasteiger partial charge is 0.312 e. The van der Waals surface area contributed by atoms with E-state index in [4.69, 9.17) is 0 Å². The Hall–Kier alpha value is -1.32. The second-order valence-corrected chi connectivity index (χ2v) is 7.21. The van der Waals surface area contributed by atoms with E-state index in [0.29, 0.717) is 6.04 Å². The van der Waals surface area contributed by atoms with E-state index in [1.165, 1.54) is 32.1 Å². The minimum absolute atomic E-state index is 0.463. The van der Waals surface area contributed by atoms with E-state index in [0.717, 1.165) is 29.4 Å². The minimum Gasteiger partial charge on any atom is -0.481 e. The number of aromatic nitrogens is 2. The number of carboxylic acids is 1. The molecule has 1 heterocycles. The Kier molecular flexibility index (Phi) is 2.69. The number of carboxylic acid groups (broad SMARTS) is 1. The molecule has 4 aliphatic carbocycles. The number of hydrogen-bond acceptors (Lipinski definition) is 2. The topological polar surface area (TPSA) is 55.1 Å². The monoisotopic (exact) mass is 274 g/mol. The summed E-state index contributed by atoms with van der Waals surface area (Å²) >= 11 is 0. The summed E-state index contributed by atoms with van der Waals surface area (Å²) in [5.74, 6) is 2.17. The fraction of sp³-hybridized carbons (Fsp3) is 0.750. The number of rotatable bonds is 3. The molecule has 0 aromatic carbocycles. The SMILES string of the molecule is CC(C(=O)O)c1cncn1C1C2CC3CC(C2)CC1C3. The maximum Gasteiger partial charge on any atom is 0.312 e. The van der Waals surface area contributed by atoms with Gasteiger partial charge in [-0.25, -0.2) is 4.98 Å². The Labute approximate surface area is 119 Å². The lowest BCUT2D eigenvalue weighted by Gasteiger charge is -2.55. The van der Waals surface area contributed by atoms with Gasteiger partial charge in [0.05, 0.1) is 17.9 Å². The first-order valence-corrected chi connectivity index (χ1v) is 7.88. The van der Waals surface area contributed by atoms with Crippen LogP contribution in [0.4, 0.5) is 0 Å². The number of aliphatic carboxylic acids is 1. The summed E-state index contributed by atoms with van der Waals surface area (Å²) in [6.45, 7) is 1.77. The molecule has 108 valence electrons. The van der Waals surface area contributed by atoms with E-state index >= 15 is 0 Å². The standard InChI is InChI=1S/C16H22N2O2/c1-9(16(19)20)14-7-17-8-18(14)15-12-3-10-2-11(5-12)6-13(15)4-10/h7-13,15H,2-6H2,1H3,(H,19,20). The van der Waals surface area contributed by atoms with Gasteiger partial charge in [-0.2, -0.15) is 0 Å². The highest BCUT2D eigenvalue weighted by Crippen LogP contribution is 2.58. The predicted molar refractivity (Wildman–Crippen MR) is 74.4 cm³/mol. The van der Waals surface area contributed by atoms with Gasteiger partial charge in [-0.1, -0.05) is 0 Å². The van der Waals surface area contributed by atoms with E-state index in [9.17, 15) is 9.90 Å². The summed E-state index contributed by atoms with van der Waals surface area (Å²) in [6.07, 6.45) is 10.5. The van der Waals surface area contributed by atoms with Crippen molar-refractivity contribution in [3.63, 3.8) is 0 Å². The first-order valence-electron chi connectivity index (χ1n) is 7.88. The number of nitrogens with zero attached hydrogens (tertiary/aromatic N) is 2. The van der Waals surface area contributed by atoms with Crippen molar-refractivity contribution in [3.8, 4) is 0 Å². The maximum absolute atomic E-state index is 11.3. The molecule has 4 bridgehead atoms. The van der Waals surface area contributed by atoms with Crippen molar-refractivity contribution in [2.75, 3.05) is 0 Å². The van der Waals surface area contributed by atoms with Crippen molar-refractivity contribution in [1.82, 2.24) is 9.55 Å². The van der Waals surface area contributed by atoms with Crippen LogP contribution in [0.15, 0.2) is 12.5 Å². The average molecular weight is 274 g/mol. The Balaban J connectivity index is 1.68. The van der Waals surface area contributed by atoms with Crippen LogP contribution in [0.1, 0.15) is 56.7 Å². The third-order valence-electron chi connectivity index (χ3n) is 6.01. The van der Waals surface area contributed by atoms with Crippen LogP contribution >= 0.6 is 0 Å². The molecule has 1 atom stereocenters. The van der Waals surface area contributed by atoms with E-state index in [1.807, 2.05) is 6.33 Å². The van der Waals surface area contributed by atoms with E-state index in [1.54, 1.807) is 13.1 Å². The zero-order valence-electron chi connectivity index (χ0n) is 11.9. The summed E-state index contributed by atoms with van der Waals surface area (Å²) in [4.78, 5) is 15.6. The van der Waals surface area contributed by atoms with Crippen molar-refractivity contribution >= 4 is 5.97 Å². The molecular weight excluding hydrogens is 252 g/mol. The van der Waals surface area contributed by atoms with E-state index in [2.05, 4.69) is 9.55 Å². The maximum atomic E-state index is 11.3. The first kappa shape index (κ1) is 12.4. The fourth-order valence-electron chi connectivity index (χ4n) is 5.38. The van der Waals surface area contributed by atoms with Gasteiger partial charge in [0.1, 0.15) is 0 Å². The van der Waals surface area contributed by atoms with Gasteiger partial charge in [0, 0.05) is 12.2 Å². The van der Waals surface area contributed by atoms with Crippen molar-refractivity contribution in [2.24, 2.45) is 23.7 Å². The number of imidazole rings is 1. The summed E-state index contributed by atoms with van der Waals surface area (Å²) in [6, 6.07) is 0.502. The summed E-state index contributed by atoms with van der Waals surface area (Å²) in [5, 5.41) is 9.29. The molecule has 1 aromatic heterocycles. The van der Waals surface area contributed by atoms with Gasteiger partial charge >= 0.3 is 5.97 Å². The van der Waals surface area contributed by atoms with Crippen molar-refractivity contribution in [1.29, 1.82) is 0 Å². The highest BCUT2D eigenvalue weighted by atomic mass is 16.4. The second kappa shape index (κ2) is 4.34. The van der Waals surface area contributed by atoms with Crippen LogP contribution in [0.25, 0.3) is 0 Å². The van der Waals surface area contributed by atoms with Gasteiger partial charge in [0.25, 0.3) is 0 Å². The molecule has 0 radical (unpaired) electrons. The van der Waals surface area contributed by atoms with Gasteiger partial charge in [0.2, 0.25) is 0 Å². The Bertz CT molecular complexity index is 508. The lowest BCUT2D eigenvalue weighted by Crippen LogP contribution is -2.46. The Morgan fingerprint density at radius 3 is 2.40 bits per heavy atom. The third-order valence-corrected chi connectivity index (χ3v) is 6.01. The summed E-state index contributed by atoms with van der Waals surface area (Å²) < 4.78 is 2.21. The minimum atomic E-state index is -0.754. The predicted octanol–water partition coefficient (Wildman–Crippen LogP) is 3.07. The molecule has 1 unspecified atom stereocenters. The highest BCUT2D eigenvalue weighted by molar-refractivity contribution is 5.74. The quantitative estimate of drug-likeness (QED) is 0.921. The molecule has 4 heteroatoms. The van der Waals surface area contributed by atoms with Gasteiger partial charge in [0.15, 0.2) is 0 Å². The second-order valence-electron chi connectivity index (χ2n) is 7.21. The lowest BCUT2D eigenvalue weighted by molar-refractivity contribution is -0.138. The molecule has 4 aliphatic rings. The Morgan fingerprint density at radius 1 is 1.25 bits per heavy atom. The van der Waals surface area contributed by atoms with Crippen LogP contribution < -0.4 is 0 Å². The van der Waals surface area contributed by atoms with Crippen molar-refractivity contribution < 1.29 is 9.90 Å². The van der Waals surface area contributed by atoms with Crippen LogP contribution in [0.5, 0.6) is 0 Å². The van der Waals surface area contributed by atoms with Gasteiger partial charge in [-0.3, -0.25) is 4.79 Å². The molecule has 4 nitrogen and oxygen atoms in total. The molecule has 1 N–H and O–H groups in total. The molecule has 4 fully saturated rings. The summed E-state index contributed by atoms with van der Waals surface area (Å²) in [5.41, 5.74) is 0.884. The van der Waals surface area contributed by atoms with E-state index in [-0.39, 0.29) is 0 Å². The average Bonchev–Trinajstić information content (AvgIpc) is 2.85. The largest absolute Gasteiger partial charge is 0.481 e. The summed E-state index contributed by atoms with van der Waals surface area (Å²) in [7, 11) is 0. The van der Waals surface area contributed by atoms with Crippen LogP contribution in [0.2, 0.25) is 0 Å². The van der Waals surface area contributed by atoms with Crippen LogP contribution in [0.3, 0.4) is 0 Å². The van der Waals surface area contributed by atoms with Crippen LogP contribution in [-0.2, 0) is 4.79 Å². The molecule has 0 amide bonds. The van der Waals surface area contributed by atoms with Crippen LogP contribution in [-0.4, -0.2) is 20.6 Å². The van der Waals surface area contributed by atoms with E-state index < -0.39 is 11.9 Å². The number of carbonyl (C=O) groups is 1. The molecule has 0 spiro atoms. The lowest BCUT2D eigenvalue weighted by atomic mass is 9.54. The van der Waals surface area contributed by atoms with Gasteiger partial charge in [-0.15, -0.1) is 0 Å². The van der Waals surface area contributed by atoms with Gasteiger partial charge in [-0.05, 0) is 62.7 Å². The van der Waals surface area contributed by atoms with Gasteiger partial charge < -0.3 is 9.67 Å².